The zero-order chi connectivity index (χ0) is 17.7. The first-order valence-electron chi connectivity index (χ1n) is 8.00. The maximum atomic E-state index is 12.6. The van der Waals surface area contributed by atoms with Gasteiger partial charge in [-0.05, 0) is 36.8 Å². The van der Waals surface area contributed by atoms with Crippen LogP contribution in [0.15, 0.2) is 58.0 Å². The number of hydrogen-bond acceptors (Lipinski definition) is 6. The second kappa shape index (κ2) is 5.60. The number of furan rings is 1. The van der Waals surface area contributed by atoms with E-state index < -0.39 is 0 Å². The van der Waals surface area contributed by atoms with Crippen molar-refractivity contribution in [2.24, 2.45) is 0 Å². The van der Waals surface area contributed by atoms with Crippen LogP contribution in [-0.2, 0) is 0 Å². The van der Waals surface area contributed by atoms with Crippen LogP contribution in [0.2, 0.25) is 0 Å². The van der Waals surface area contributed by atoms with Gasteiger partial charge in [-0.25, -0.2) is 0 Å². The first-order valence-corrected chi connectivity index (χ1v) is 8.82. The highest BCUT2D eigenvalue weighted by molar-refractivity contribution is 7.15. The molecule has 0 amide bonds. The fraction of sp³-hybridized carbons (Fsp3) is 0.0526. The van der Waals surface area contributed by atoms with Gasteiger partial charge in [0.25, 0.3) is 5.56 Å². The van der Waals surface area contributed by atoms with Crippen LogP contribution >= 0.6 is 11.3 Å². The van der Waals surface area contributed by atoms with Crippen LogP contribution < -0.4 is 10.1 Å². The standard InChI is InChI=1S/C19H12N4O2S/c1-11-13-4-2-3-5-14(13)25-16(11)17-21-19-23(22-17)18(24)15(26-19)10-12-6-8-20-9-7-12/h2-10H,1H3/b15-10-. The third-order valence-electron chi connectivity index (χ3n) is 4.23. The quantitative estimate of drug-likeness (QED) is 0.484. The summed E-state index contributed by atoms with van der Waals surface area (Å²) in [6, 6.07) is 11.5. The van der Waals surface area contributed by atoms with Gasteiger partial charge in [0.05, 0.1) is 4.53 Å². The molecule has 26 heavy (non-hydrogen) atoms. The number of nitrogens with zero attached hydrogens (tertiary/aromatic N) is 4. The lowest BCUT2D eigenvalue weighted by atomic mass is 10.1. The third kappa shape index (κ3) is 2.25. The van der Waals surface area contributed by atoms with Gasteiger partial charge in [-0.2, -0.15) is 9.50 Å². The smallest absolute Gasteiger partial charge is 0.291 e. The molecule has 0 saturated heterocycles. The van der Waals surface area contributed by atoms with Crippen molar-refractivity contribution < 1.29 is 4.42 Å². The maximum Gasteiger partial charge on any atom is 0.291 e. The molecule has 0 unspecified atom stereocenters. The van der Waals surface area contributed by atoms with Crippen molar-refractivity contribution in [1.82, 2.24) is 19.6 Å². The summed E-state index contributed by atoms with van der Waals surface area (Å²) in [7, 11) is 0. The third-order valence-corrected chi connectivity index (χ3v) is 5.19. The first kappa shape index (κ1) is 15.0. The van der Waals surface area contributed by atoms with E-state index in [4.69, 9.17) is 4.42 Å². The Morgan fingerprint density at radius 1 is 1.15 bits per heavy atom. The van der Waals surface area contributed by atoms with Gasteiger partial charge in [-0.1, -0.05) is 29.5 Å². The molecule has 5 aromatic rings. The largest absolute Gasteiger partial charge is 0.452 e. The molecule has 6 nitrogen and oxygen atoms in total. The minimum atomic E-state index is -0.186. The first-order chi connectivity index (χ1) is 12.7. The predicted molar refractivity (Wildman–Crippen MR) is 100 cm³/mol. The molecule has 0 saturated carbocycles. The molecule has 0 aliphatic heterocycles. The van der Waals surface area contributed by atoms with Crippen LogP contribution in [0, 0.1) is 6.92 Å². The second-order valence-electron chi connectivity index (χ2n) is 5.88. The zero-order valence-corrected chi connectivity index (χ0v) is 14.5. The summed E-state index contributed by atoms with van der Waals surface area (Å²) in [6.07, 6.45) is 5.20. The van der Waals surface area contributed by atoms with Crippen LogP contribution in [-0.4, -0.2) is 19.6 Å². The minimum Gasteiger partial charge on any atom is -0.452 e. The Labute approximate surface area is 151 Å². The number of aromatic nitrogens is 4. The van der Waals surface area contributed by atoms with Crippen molar-refractivity contribution in [1.29, 1.82) is 0 Å². The molecule has 0 aliphatic rings. The topological polar surface area (TPSA) is 73.3 Å². The summed E-state index contributed by atoms with van der Waals surface area (Å²) in [5.74, 6) is 1.03. The van der Waals surface area contributed by atoms with Crippen molar-refractivity contribution in [3.63, 3.8) is 0 Å². The van der Waals surface area contributed by atoms with Gasteiger partial charge in [0, 0.05) is 23.3 Å². The number of fused-ring (bicyclic) bond motifs is 2. The van der Waals surface area contributed by atoms with Gasteiger partial charge in [0.2, 0.25) is 10.8 Å². The van der Waals surface area contributed by atoms with E-state index in [-0.39, 0.29) is 5.56 Å². The van der Waals surface area contributed by atoms with Crippen LogP contribution in [0.1, 0.15) is 11.1 Å². The molecule has 7 heteroatoms. The summed E-state index contributed by atoms with van der Waals surface area (Å²) in [4.78, 5) is 21.7. The Balaban J connectivity index is 1.67. The van der Waals surface area contributed by atoms with E-state index in [1.54, 1.807) is 12.4 Å². The molecule has 126 valence electrons. The number of para-hydroxylation sites is 1. The van der Waals surface area contributed by atoms with Gasteiger partial charge in [0.1, 0.15) is 5.58 Å². The number of hydrogen-bond donors (Lipinski definition) is 0. The molecule has 0 spiro atoms. The highest BCUT2D eigenvalue weighted by Gasteiger charge is 2.18. The van der Waals surface area contributed by atoms with Gasteiger partial charge < -0.3 is 4.42 Å². The van der Waals surface area contributed by atoms with Crippen molar-refractivity contribution in [2.45, 2.75) is 6.92 Å². The molecule has 0 fully saturated rings. The van der Waals surface area contributed by atoms with Crippen LogP contribution in [0.3, 0.4) is 0 Å². The summed E-state index contributed by atoms with van der Waals surface area (Å²) in [5.41, 5.74) is 2.48. The van der Waals surface area contributed by atoms with Crippen LogP contribution in [0.25, 0.3) is 33.6 Å². The van der Waals surface area contributed by atoms with E-state index in [9.17, 15) is 4.79 Å². The number of aryl methyl sites for hydroxylation is 1. The normalized spacial score (nSPS) is 12.4. The molecule has 0 radical (unpaired) electrons. The van der Waals surface area contributed by atoms with Crippen molar-refractivity contribution in [3.8, 4) is 11.6 Å². The van der Waals surface area contributed by atoms with E-state index in [1.807, 2.05) is 49.4 Å². The maximum absolute atomic E-state index is 12.6. The summed E-state index contributed by atoms with van der Waals surface area (Å²) >= 11 is 1.31. The molecule has 5 rings (SSSR count). The predicted octanol–water partition coefficient (Wildman–Crippen LogP) is 2.82. The molecular weight excluding hydrogens is 348 g/mol. The van der Waals surface area contributed by atoms with E-state index in [0.717, 1.165) is 22.1 Å². The molecule has 1 aromatic carbocycles. The molecule has 0 atom stereocenters. The van der Waals surface area contributed by atoms with E-state index in [1.165, 1.54) is 15.9 Å². The highest BCUT2D eigenvalue weighted by atomic mass is 32.1. The number of rotatable bonds is 2. The molecule has 4 heterocycles. The molecule has 0 bridgehead atoms. The van der Waals surface area contributed by atoms with Crippen LogP contribution in [0.4, 0.5) is 0 Å². The summed E-state index contributed by atoms with van der Waals surface area (Å²) < 4.78 is 7.81. The van der Waals surface area contributed by atoms with Gasteiger partial charge in [0.15, 0.2) is 5.76 Å². The zero-order valence-electron chi connectivity index (χ0n) is 13.7. The monoisotopic (exact) mass is 360 g/mol. The van der Waals surface area contributed by atoms with Gasteiger partial charge >= 0.3 is 0 Å². The number of thiazole rings is 1. The van der Waals surface area contributed by atoms with E-state index >= 15 is 0 Å². The van der Waals surface area contributed by atoms with E-state index in [2.05, 4.69) is 15.1 Å². The van der Waals surface area contributed by atoms with Crippen molar-refractivity contribution in [2.75, 3.05) is 0 Å². The summed E-state index contributed by atoms with van der Waals surface area (Å²) in [5, 5.41) is 5.40. The number of pyridine rings is 1. The van der Waals surface area contributed by atoms with Crippen molar-refractivity contribution in [3.05, 3.63) is 74.8 Å². The molecular formula is C19H12N4O2S. The SMILES string of the molecule is Cc1c(-c2nc3s/c(=C\c4ccncc4)c(=O)n3n2)oc2ccccc12. The second-order valence-corrected chi connectivity index (χ2v) is 6.89. The molecule has 4 aromatic heterocycles. The van der Waals surface area contributed by atoms with Gasteiger partial charge in [-0.15, -0.1) is 5.10 Å². The Hall–Kier alpha value is -3.32. The number of benzene rings is 1. The van der Waals surface area contributed by atoms with Crippen molar-refractivity contribution >= 4 is 33.3 Å². The highest BCUT2D eigenvalue weighted by Crippen LogP contribution is 2.31. The molecule has 0 aliphatic carbocycles. The lowest BCUT2D eigenvalue weighted by Gasteiger charge is -1.90. The minimum absolute atomic E-state index is 0.186. The lowest BCUT2D eigenvalue weighted by Crippen LogP contribution is -2.23. The fourth-order valence-corrected chi connectivity index (χ4v) is 3.84. The lowest BCUT2D eigenvalue weighted by molar-refractivity contribution is 0.622. The fourth-order valence-electron chi connectivity index (χ4n) is 2.93. The Morgan fingerprint density at radius 3 is 2.73 bits per heavy atom. The van der Waals surface area contributed by atoms with Crippen LogP contribution in [0.5, 0.6) is 0 Å². The molecule has 0 N–H and O–H groups in total. The Morgan fingerprint density at radius 2 is 1.96 bits per heavy atom. The average Bonchev–Trinajstić information content (AvgIpc) is 3.30. The van der Waals surface area contributed by atoms with Gasteiger partial charge in [-0.3, -0.25) is 9.78 Å². The summed E-state index contributed by atoms with van der Waals surface area (Å²) in [6.45, 7) is 1.97. The Bertz CT molecular complexity index is 1370. The Kier molecular flexibility index (Phi) is 3.23. The van der Waals surface area contributed by atoms with E-state index in [0.29, 0.717) is 21.1 Å². The average molecular weight is 360 g/mol.